The van der Waals surface area contributed by atoms with Crippen LogP contribution in [0.3, 0.4) is 0 Å². The second kappa shape index (κ2) is 6.73. The number of carbonyl (C=O) groups is 1. The number of halogens is 3. The van der Waals surface area contributed by atoms with Gasteiger partial charge in [0.15, 0.2) is 17.5 Å². The molecule has 1 heterocycles. The lowest BCUT2D eigenvalue weighted by Crippen LogP contribution is -2.29. The van der Waals surface area contributed by atoms with Crippen LogP contribution in [0.25, 0.3) is 0 Å². The van der Waals surface area contributed by atoms with Gasteiger partial charge in [-0.2, -0.15) is 0 Å². The lowest BCUT2D eigenvalue weighted by Gasteiger charge is -2.17. The highest BCUT2D eigenvalue weighted by molar-refractivity contribution is 7.09. The van der Waals surface area contributed by atoms with Crippen LogP contribution in [0.1, 0.15) is 16.5 Å². The Kier molecular flexibility index (Phi) is 4.98. The summed E-state index contributed by atoms with van der Waals surface area (Å²) in [6.45, 7) is 0.318. The van der Waals surface area contributed by atoms with E-state index >= 15 is 0 Å². The van der Waals surface area contributed by atoms with E-state index in [0.29, 0.717) is 6.54 Å². The van der Waals surface area contributed by atoms with Gasteiger partial charge in [-0.3, -0.25) is 5.32 Å². The van der Waals surface area contributed by atoms with Gasteiger partial charge < -0.3 is 4.74 Å². The van der Waals surface area contributed by atoms with Crippen LogP contribution in [-0.2, 0) is 16.1 Å². The molecule has 0 aliphatic heterocycles. The van der Waals surface area contributed by atoms with Gasteiger partial charge in [-0.05, 0) is 29.1 Å². The average Bonchev–Trinajstić information content (AvgIpc) is 2.97. The van der Waals surface area contributed by atoms with Crippen LogP contribution in [0.2, 0.25) is 0 Å². The van der Waals surface area contributed by atoms with Crippen LogP contribution in [0, 0.1) is 17.5 Å². The van der Waals surface area contributed by atoms with Gasteiger partial charge in [-0.15, -0.1) is 11.3 Å². The molecule has 0 saturated heterocycles. The Morgan fingerprint density at radius 1 is 1.33 bits per heavy atom. The van der Waals surface area contributed by atoms with Crippen LogP contribution in [0.5, 0.6) is 0 Å². The van der Waals surface area contributed by atoms with Crippen LogP contribution < -0.4 is 5.32 Å². The normalized spacial score (nSPS) is 12.2. The lowest BCUT2D eigenvalue weighted by molar-refractivity contribution is -0.143. The fraction of sp³-hybridized carbons (Fsp3) is 0.214. The maximum absolute atomic E-state index is 13.3. The molecule has 1 unspecified atom stereocenters. The first-order valence-electron chi connectivity index (χ1n) is 6.01. The van der Waals surface area contributed by atoms with Gasteiger partial charge in [-0.25, -0.2) is 18.0 Å². The smallest absolute Gasteiger partial charge is 0.327 e. The second-order valence-corrected chi connectivity index (χ2v) is 5.25. The minimum atomic E-state index is -1.57. The fourth-order valence-corrected chi connectivity index (χ4v) is 2.47. The number of rotatable bonds is 5. The molecule has 2 rings (SSSR count). The minimum absolute atomic E-state index is 0.0326. The maximum Gasteiger partial charge on any atom is 0.327 e. The number of thiophene rings is 1. The molecule has 0 saturated carbocycles. The molecule has 0 amide bonds. The van der Waals surface area contributed by atoms with Crippen LogP contribution in [-0.4, -0.2) is 13.1 Å². The molecule has 1 aromatic carbocycles. The highest BCUT2D eigenvalue weighted by Gasteiger charge is 2.24. The molecule has 2 aromatic rings. The standard InChI is InChI=1S/C14H12F3NO2S/c1-20-14(19)13(18-7-9-3-2-4-21-9)8-5-10(15)12(17)11(16)6-8/h2-6,13,18H,7H2,1H3. The zero-order valence-corrected chi connectivity index (χ0v) is 11.8. The van der Waals surface area contributed by atoms with Gasteiger partial charge in [0.25, 0.3) is 0 Å². The summed E-state index contributed by atoms with van der Waals surface area (Å²) in [5, 5.41) is 4.71. The van der Waals surface area contributed by atoms with Gasteiger partial charge in [0.05, 0.1) is 7.11 Å². The number of hydrogen-bond donors (Lipinski definition) is 1. The van der Waals surface area contributed by atoms with E-state index in [1.54, 1.807) is 0 Å². The monoisotopic (exact) mass is 315 g/mol. The molecule has 0 fully saturated rings. The largest absolute Gasteiger partial charge is 0.468 e. The number of carbonyl (C=O) groups excluding carboxylic acids is 1. The van der Waals surface area contributed by atoms with Gasteiger partial charge in [0.1, 0.15) is 6.04 Å². The van der Waals surface area contributed by atoms with Crippen LogP contribution in [0.15, 0.2) is 29.6 Å². The third kappa shape index (κ3) is 3.62. The van der Waals surface area contributed by atoms with Crippen molar-refractivity contribution in [3.8, 4) is 0 Å². The van der Waals surface area contributed by atoms with Gasteiger partial charge in [0, 0.05) is 11.4 Å². The highest BCUT2D eigenvalue weighted by atomic mass is 32.1. The average molecular weight is 315 g/mol. The van der Waals surface area contributed by atoms with E-state index in [4.69, 9.17) is 0 Å². The van der Waals surface area contributed by atoms with Crippen molar-refractivity contribution in [2.24, 2.45) is 0 Å². The molecule has 0 aliphatic carbocycles. The molecule has 0 bridgehead atoms. The molecule has 1 aromatic heterocycles. The number of hydrogen-bond acceptors (Lipinski definition) is 4. The predicted molar refractivity (Wildman–Crippen MR) is 72.2 cm³/mol. The SMILES string of the molecule is COC(=O)C(NCc1cccs1)c1cc(F)c(F)c(F)c1. The van der Waals surface area contributed by atoms with Crippen molar-refractivity contribution in [1.82, 2.24) is 5.32 Å². The first-order valence-corrected chi connectivity index (χ1v) is 6.89. The highest BCUT2D eigenvalue weighted by Crippen LogP contribution is 2.21. The molecular formula is C14H12F3NO2S. The van der Waals surface area contributed by atoms with Crippen molar-refractivity contribution < 1.29 is 22.7 Å². The Hall–Kier alpha value is -1.86. The Labute approximate surface area is 123 Å². The van der Waals surface area contributed by atoms with E-state index < -0.39 is 29.5 Å². The molecule has 1 N–H and O–H groups in total. The number of esters is 1. The minimum Gasteiger partial charge on any atom is -0.468 e. The van der Waals surface area contributed by atoms with E-state index in [-0.39, 0.29) is 5.56 Å². The summed E-state index contributed by atoms with van der Waals surface area (Å²) < 4.78 is 44.2. The van der Waals surface area contributed by atoms with Crippen molar-refractivity contribution in [2.75, 3.05) is 7.11 Å². The van der Waals surface area contributed by atoms with Crippen LogP contribution >= 0.6 is 11.3 Å². The maximum atomic E-state index is 13.3. The van der Waals surface area contributed by atoms with E-state index in [1.165, 1.54) is 18.4 Å². The van der Waals surface area contributed by atoms with Crippen molar-refractivity contribution in [1.29, 1.82) is 0 Å². The molecule has 1 atom stereocenters. The predicted octanol–water partition coefficient (Wildman–Crippen LogP) is 3.17. The summed E-state index contributed by atoms with van der Waals surface area (Å²) >= 11 is 1.47. The zero-order chi connectivity index (χ0) is 15.4. The van der Waals surface area contributed by atoms with Crippen molar-refractivity contribution in [3.63, 3.8) is 0 Å². The molecule has 0 radical (unpaired) electrons. The Balaban J connectivity index is 2.25. The quantitative estimate of drug-likeness (QED) is 0.680. The van der Waals surface area contributed by atoms with Gasteiger partial charge >= 0.3 is 5.97 Å². The van der Waals surface area contributed by atoms with E-state index in [1.807, 2.05) is 17.5 Å². The third-order valence-corrected chi connectivity index (χ3v) is 3.71. The van der Waals surface area contributed by atoms with Gasteiger partial charge in [-0.1, -0.05) is 6.07 Å². The van der Waals surface area contributed by atoms with E-state index in [0.717, 1.165) is 17.0 Å². The summed E-state index contributed by atoms with van der Waals surface area (Å²) in [6, 6.07) is 4.16. The summed E-state index contributed by atoms with van der Waals surface area (Å²) in [6.07, 6.45) is 0. The molecule has 7 heteroatoms. The number of methoxy groups -OCH3 is 1. The van der Waals surface area contributed by atoms with Crippen molar-refractivity contribution >= 4 is 17.3 Å². The molecule has 0 spiro atoms. The number of benzene rings is 1. The lowest BCUT2D eigenvalue weighted by atomic mass is 10.1. The summed E-state index contributed by atoms with van der Waals surface area (Å²) in [4.78, 5) is 12.7. The Bertz CT molecular complexity index is 608. The third-order valence-electron chi connectivity index (χ3n) is 2.84. The van der Waals surface area contributed by atoms with Crippen molar-refractivity contribution in [2.45, 2.75) is 12.6 Å². The molecule has 21 heavy (non-hydrogen) atoms. The molecule has 112 valence electrons. The molecular weight excluding hydrogens is 303 g/mol. The van der Waals surface area contributed by atoms with E-state index in [2.05, 4.69) is 10.1 Å². The zero-order valence-electron chi connectivity index (χ0n) is 11.0. The topological polar surface area (TPSA) is 38.3 Å². The number of nitrogens with one attached hydrogen (secondary N) is 1. The van der Waals surface area contributed by atoms with Crippen LogP contribution in [0.4, 0.5) is 13.2 Å². The fourth-order valence-electron chi connectivity index (χ4n) is 1.81. The summed E-state index contributed by atoms with van der Waals surface area (Å²) in [5.41, 5.74) is -0.0326. The number of ether oxygens (including phenoxy) is 1. The van der Waals surface area contributed by atoms with E-state index in [9.17, 15) is 18.0 Å². The molecule has 3 nitrogen and oxygen atoms in total. The van der Waals surface area contributed by atoms with Crippen molar-refractivity contribution in [3.05, 3.63) is 57.5 Å². The Morgan fingerprint density at radius 2 is 2.00 bits per heavy atom. The second-order valence-electron chi connectivity index (χ2n) is 4.21. The first-order chi connectivity index (χ1) is 10.0. The summed E-state index contributed by atoms with van der Waals surface area (Å²) in [5.74, 6) is -4.98. The summed E-state index contributed by atoms with van der Waals surface area (Å²) in [7, 11) is 1.17. The molecule has 0 aliphatic rings. The Morgan fingerprint density at radius 3 is 2.52 bits per heavy atom. The first kappa shape index (κ1) is 15.5. The van der Waals surface area contributed by atoms with Gasteiger partial charge in [0.2, 0.25) is 0 Å².